The van der Waals surface area contributed by atoms with Gasteiger partial charge < -0.3 is 9.47 Å². The molecule has 7 heteroatoms. The maximum Gasteiger partial charge on any atom is 0.273 e. The summed E-state index contributed by atoms with van der Waals surface area (Å²) in [4.78, 5) is 24.5. The summed E-state index contributed by atoms with van der Waals surface area (Å²) >= 11 is 5.83. The Morgan fingerprint density at radius 2 is 1.43 bits per heavy atom. The summed E-state index contributed by atoms with van der Waals surface area (Å²) in [6.45, 7) is 0.597. The van der Waals surface area contributed by atoms with Crippen molar-refractivity contribution in [1.82, 2.24) is 10.9 Å². The number of ether oxygens (including phenoxy) is 2. The first kappa shape index (κ1) is 21.2. The second kappa shape index (κ2) is 10.9. The number of hydrogen-bond donors (Lipinski definition) is 2. The number of amides is 2. The Balaban J connectivity index is 1.48. The molecule has 0 aromatic heterocycles. The monoisotopic (exact) mass is 424 g/mol. The second-order valence-corrected chi connectivity index (χ2v) is 6.75. The molecule has 3 aromatic carbocycles. The van der Waals surface area contributed by atoms with Crippen LogP contribution in [-0.4, -0.2) is 25.0 Å². The third-order valence-electron chi connectivity index (χ3n) is 4.08. The van der Waals surface area contributed by atoms with Crippen LogP contribution in [0.4, 0.5) is 0 Å². The first-order valence-corrected chi connectivity index (χ1v) is 9.73. The smallest absolute Gasteiger partial charge is 0.273 e. The quantitative estimate of drug-likeness (QED) is 0.426. The van der Waals surface area contributed by atoms with Crippen LogP contribution in [-0.2, 0) is 11.2 Å². The lowest BCUT2D eigenvalue weighted by molar-refractivity contribution is -0.121. The van der Waals surface area contributed by atoms with Crippen molar-refractivity contribution in [3.8, 4) is 11.5 Å². The minimum Gasteiger partial charge on any atom is -0.490 e. The minimum absolute atomic E-state index is 0.117. The lowest BCUT2D eigenvalue weighted by Gasteiger charge is -2.13. The largest absolute Gasteiger partial charge is 0.490 e. The molecule has 0 aliphatic carbocycles. The van der Waals surface area contributed by atoms with E-state index < -0.39 is 5.91 Å². The number of hydrogen-bond acceptors (Lipinski definition) is 4. The standard InChI is InChI=1S/C23H21ClN2O4/c24-18-12-10-17(11-13-18)16-22(27)25-26-23(28)20-8-4-5-9-21(20)30-15-14-29-19-6-2-1-3-7-19/h1-13H,14-16H2,(H,25,27)(H,26,28). The van der Waals surface area contributed by atoms with E-state index in [9.17, 15) is 9.59 Å². The average Bonchev–Trinajstić information content (AvgIpc) is 2.78. The second-order valence-electron chi connectivity index (χ2n) is 6.31. The average molecular weight is 425 g/mol. The molecule has 0 radical (unpaired) electrons. The molecule has 30 heavy (non-hydrogen) atoms. The van der Waals surface area contributed by atoms with Crippen molar-refractivity contribution < 1.29 is 19.1 Å². The predicted octanol–water partition coefficient (Wildman–Crippen LogP) is 3.80. The van der Waals surface area contributed by atoms with E-state index in [1.165, 1.54) is 0 Å². The first-order chi connectivity index (χ1) is 14.6. The fraction of sp³-hybridized carbons (Fsp3) is 0.130. The van der Waals surface area contributed by atoms with Crippen molar-refractivity contribution in [3.05, 3.63) is 95.0 Å². The highest BCUT2D eigenvalue weighted by Gasteiger charge is 2.13. The van der Waals surface area contributed by atoms with E-state index in [1.54, 1.807) is 48.5 Å². The van der Waals surface area contributed by atoms with E-state index in [4.69, 9.17) is 21.1 Å². The molecular weight excluding hydrogens is 404 g/mol. The Morgan fingerprint density at radius 1 is 0.767 bits per heavy atom. The van der Waals surface area contributed by atoms with Gasteiger partial charge in [0.1, 0.15) is 24.7 Å². The van der Waals surface area contributed by atoms with Crippen LogP contribution in [0.5, 0.6) is 11.5 Å². The molecule has 0 saturated heterocycles. The third kappa shape index (κ3) is 6.53. The van der Waals surface area contributed by atoms with Gasteiger partial charge in [0.05, 0.1) is 12.0 Å². The van der Waals surface area contributed by atoms with Crippen molar-refractivity contribution in [2.45, 2.75) is 6.42 Å². The zero-order chi connectivity index (χ0) is 21.2. The lowest BCUT2D eigenvalue weighted by Crippen LogP contribution is -2.42. The molecule has 0 spiro atoms. The molecule has 154 valence electrons. The van der Waals surface area contributed by atoms with Gasteiger partial charge in [0.15, 0.2) is 0 Å². The van der Waals surface area contributed by atoms with E-state index >= 15 is 0 Å². The van der Waals surface area contributed by atoms with Gasteiger partial charge in [-0.05, 0) is 42.0 Å². The SMILES string of the molecule is O=C(Cc1ccc(Cl)cc1)NNC(=O)c1ccccc1OCCOc1ccccc1. The minimum atomic E-state index is -0.473. The highest BCUT2D eigenvalue weighted by atomic mass is 35.5. The molecular formula is C23H21ClN2O4. The van der Waals surface area contributed by atoms with Gasteiger partial charge in [-0.3, -0.25) is 20.4 Å². The van der Waals surface area contributed by atoms with Crippen molar-refractivity contribution in [3.63, 3.8) is 0 Å². The maximum atomic E-state index is 12.5. The molecule has 2 N–H and O–H groups in total. The van der Waals surface area contributed by atoms with Gasteiger partial charge in [-0.2, -0.15) is 0 Å². The van der Waals surface area contributed by atoms with Crippen LogP contribution in [0.2, 0.25) is 5.02 Å². The van der Waals surface area contributed by atoms with Crippen LogP contribution in [0.25, 0.3) is 0 Å². The normalized spacial score (nSPS) is 10.2. The van der Waals surface area contributed by atoms with Crippen molar-refractivity contribution in [2.75, 3.05) is 13.2 Å². The fourth-order valence-corrected chi connectivity index (χ4v) is 2.76. The maximum absolute atomic E-state index is 12.5. The van der Waals surface area contributed by atoms with Gasteiger partial charge >= 0.3 is 0 Å². The van der Waals surface area contributed by atoms with E-state index in [-0.39, 0.29) is 18.9 Å². The van der Waals surface area contributed by atoms with Crippen molar-refractivity contribution in [1.29, 1.82) is 0 Å². The summed E-state index contributed by atoms with van der Waals surface area (Å²) < 4.78 is 11.3. The highest BCUT2D eigenvalue weighted by molar-refractivity contribution is 6.30. The molecule has 0 saturated carbocycles. The Bertz CT molecular complexity index is 978. The van der Waals surface area contributed by atoms with E-state index in [0.29, 0.717) is 22.9 Å². The predicted molar refractivity (Wildman–Crippen MR) is 115 cm³/mol. The van der Waals surface area contributed by atoms with Gasteiger partial charge in [-0.25, -0.2) is 0 Å². The molecule has 0 fully saturated rings. The zero-order valence-electron chi connectivity index (χ0n) is 16.1. The van der Waals surface area contributed by atoms with Crippen molar-refractivity contribution in [2.24, 2.45) is 0 Å². The molecule has 2 amide bonds. The van der Waals surface area contributed by atoms with Crippen LogP contribution < -0.4 is 20.3 Å². The van der Waals surface area contributed by atoms with Crippen LogP contribution in [0.15, 0.2) is 78.9 Å². The van der Waals surface area contributed by atoms with E-state index in [2.05, 4.69) is 10.9 Å². The summed E-state index contributed by atoms with van der Waals surface area (Å²) in [6, 6.07) is 23.1. The number of benzene rings is 3. The molecule has 0 heterocycles. The van der Waals surface area contributed by atoms with Gasteiger partial charge in [0.25, 0.3) is 5.91 Å². The van der Waals surface area contributed by atoms with Crippen LogP contribution >= 0.6 is 11.6 Å². The van der Waals surface area contributed by atoms with E-state index in [1.807, 2.05) is 30.3 Å². The zero-order valence-corrected chi connectivity index (χ0v) is 16.9. The summed E-state index contributed by atoms with van der Waals surface area (Å²) in [5.74, 6) is 0.327. The number of rotatable bonds is 8. The Kier molecular flexibility index (Phi) is 7.69. The van der Waals surface area contributed by atoms with Crippen LogP contribution in [0.1, 0.15) is 15.9 Å². The topological polar surface area (TPSA) is 76.7 Å². The van der Waals surface area contributed by atoms with Crippen LogP contribution in [0, 0.1) is 0 Å². The number of carbonyl (C=O) groups is 2. The summed E-state index contributed by atoms with van der Waals surface area (Å²) in [5.41, 5.74) is 5.91. The molecule has 0 aliphatic heterocycles. The lowest BCUT2D eigenvalue weighted by atomic mass is 10.1. The molecule has 0 bridgehead atoms. The molecule has 0 atom stereocenters. The van der Waals surface area contributed by atoms with Gasteiger partial charge in [-0.15, -0.1) is 0 Å². The summed E-state index contributed by atoms with van der Waals surface area (Å²) in [5, 5.41) is 0.596. The molecule has 0 aliphatic rings. The first-order valence-electron chi connectivity index (χ1n) is 9.35. The summed E-state index contributed by atoms with van der Waals surface area (Å²) in [6.07, 6.45) is 0.117. The number of hydrazine groups is 1. The van der Waals surface area contributed by atoms with Crippen LogP contribution in [0.3, 0.4) is 0 Å². The number of nitrogens with one attached hydrogen (secondary N) is 2. The molecule has 3 aromatic rings. The van der Waals surface area contributed by atoms with Gasteiger partial charge in [0.2, 0.25) is 5.91 Å². The van der Waals surface area contributed by atoms with E-state index in [0.717, 1.165) is 11.3 Å². The Morgan fingerprint density at radius 3 is 2.20 bits per heavy atom. The molecule has 0 unspecified atom stereocenters. The van der Waals surface area contributed by atoms with Gasteiger partial charge in [0, 0.05) is 5.02 Å². The molecule has 3 rings (SSSR count). The number of para-hydroxylation sites is 2. The number of carbonyl (C=O) groups excluding carboxylic acids is 2. The highest BCUT2D eigenvalue weighted by Crippen LogP contribution is 2.18. The molecule has 6 nitrogen and oxygen atoms in total. The Hall–Kier alpha value is -3.51. The summed E-state index contributed by atoms with van der Waals surface area (Å²) in [7, 11) is 0. The Labute approximate surface area is 179 Å². The fourth-order valence-electron chi connectivity index (χ4n) is 2.63. The number of halogens is 1. The van der Waals surface area contributed by atoms with Crippen molar-refractivity contribution >= 4 is 23.4 Å². The third-order valence-corrected chi connectivity index (χ3v) is 4.33. The van der Waals surface area contributed by atoms with Gasteiger partial charge in [-0.1, -0.05) is 54.1 Å².